The molecule has 0 aromatic heterocycles. The van der Waals surface area contributed by atoms with E-state index in [4.69, 9.17) is 53.3 Å². The number of nitrogen functional groups attached to an aromatic ring is 2. The number of hydrogen-bond donors (Lipinski definition) is 6. The third-order valence-electron chi connectivity index (χ3n) is 6.11. The molecule has 0 saturated carbocycles. The number of nitrogens with two attached hydrogens (primary N) is 6. The lowest BCUT2D eigenvalue weighted by molar-refractivity contribution is 0.360. The van der Waals surface area contributed by atoms with Gasteiger partial charge in [-0.3, -0.25) is 0 Å². The topological polar surface area (TPSA) is 206 Å². The first kappa shape index (κ1) is 18.5. The van der Waals surface area contributed by atoms with E-state index in [1.54, 1.807) is 0 Å². The van der Waals surface area contributed by atoms with E-state index in [0.717, 1.165) is 0 Å². The lowest BCUT2D eigenvalue weighted by Gasteiger charge is -2.31. The zero-order valence-electron chi connectivity index (χ0n) is 15.5. The van der Waals surface area contributed by atoms with Gasteiger partial charge in [0.1, 0.15) is 24.4 Å². The summed E-state index contributed by atoms with van der Waals surface area (Å²) in [5.74, 6) is 0. The average molecular weight is 392 g/mol. The third kappa shape index (κ3) is 3.06. The Kier molecular flexibility index (Phi) is 4.30. The van der Waals surface area contributed by atoms with Crippen LogP contribution in [0.4, 0.5) is 11.4 Å². The largest absolute Gasteiger partial charge is 0.398 e. The van der Waals surface area contributed by atoms with Crippen LogP contribution in [0.15, 0.2) is 0 Å². The maximum absolute atomic E-state index is 6.68. The van der Waals surface area contributed by atoms with E-state index in [9.17, 15) is 0 Å². The molecule has 10 nitrogen and oxygen atoms in total. The molecule has 0 bridgehead atoms. The number of rotatable bonds is 8. The molecule has 0 spiro atoms. The Bertz CT molecular complexity index is 665. The SMILES string of the molecule is Nc1c(C(N)C2CO2)c(C(N)C2CO2)c(N)c(C(N)C2CO2)c1C(N)C1CO1. The molecule has 4 heterocycles. The molecule has 0 radical (unpaired) electrons. The fraction of sp³-hybridized carbons (Fsp3) is 0.667. The summed E-state index contributed by atoms with van der Waals surface area (Å²) in [4.78, 5) is 0. The third-order valence-corrected chi connectivity index (χ3v) is 6.11. The minimum atomic E-state index is -0.462. The highest BCUT2D eigenvalue weighted by molar-refractivity contribution is 5.75. The Labute approximate surface area is 162 Å². The van der Waals surface area contributed by atoms with Crippen molar-refractivity contribution in [2.75, 3.05) is 37.9 Å². The zero-order chi connectivity index (χ0) is 19.7. The molecule has 10 heteroatoms. The van der Waals surface area contributed by atoms with E-state index in [-0.39, 0.29) is 24.4 Å². The van der Waals surface area contributed by atoms with Gasteiger partial charge >= 0.3 is 0 Å². The molecule has 4 aliphatic heterocycles. The normalized spacial score (nSPS) is 34.4. The van der Waals surface area contributed by atoms with Crippen molar-refractivity contribution in [3.8, 4) is 0 Å². The van der Waals surface area contributed by atoms with Gasteiger partial charge in [-0.1, -0.05) is 0 Å². The van der Waals surface area contributed by atoms with Crippen LogP contribution in [0.25, 0.3) is 0 Å². The van der Waals surface area contributed by atoms with Crippen molar-refractivity contribution in [3.63, 3.8) is 0 Å². The van der Waals surface area contributed by atoms with E-state index in [1.165, 1.54) is 0 Å². The van der Waals surface area contributed by atoms with Crippen LogP contribution < -0.4 is 34.4 Å². The lowest BCUT2D eigenvalue weighted by atomic mass is 9.80. The Hall–Kier alpha value is -1.50. The van der Waals surface area contributed by atoms with Crippen LogP contribution in [-0.4, -0.2) is 50.8 Å². The van der Waals surface area contributed by atoms with Crippen molar-refractivity contribution in [3.05, 3.63) is 22.3 Å². The van der Waals surface area contributed by atoms with Crippen molar-refractivity contribution in [2.45, 2.75) is 48.6 Å². The van der Waals surface area contributed by atoms with Gasteiger partial charge in [0, 0.05) is 33.6 Å². The van der Waals surface area contributed by atoms with E-state index in [0.29, 0.717) is 60.1 Å². The highest BCUT2D eigenvalue weighted by Crippen LogP contribution is 2.48. The minimum Gasteiger partial charge on any atom is -0.398 e. The molecule has 4 saturated heterocycles. The predicted octanol–water partition coefficient (Wildman–Crippen LogP) is -1.55. The predicted molar refractivity (Wildman–Crippen MR) is 102 cm³/mol. The van der Waals surface area contributed by atoms with Gasteiger partial charge in [-0.2, -0.15) is 0 Å². The number of epoxide rings is 4. The smallest absolute Gasteiger partial charge is 0.100 e. The molecule has 0 aliphatic carbocycles. The van der Waals surface area contributed by atoms with Gasteiger partial charge in [0.25, 0.3) is 0 Å². The molecule has 28 heavy (non-hydrogen) atoms. The summed E-state index contributed by atoms with van der Waals surface area (Å²) < 4.78 is 21.7. The quantitative estimate of drug-likeness (QED) is 0.221. The zero-order valence-corrected chi connectivity index (χ0v) is 15.5. The lowest BCUT2D eigenvalue weighted by Crippen LogP contribution is -2.33. The second kappa shape index (κ2) is 6.51. The molecule has 1 aromatic carbocycles. The van der Waals surface area contributed by atoms with Crippen molar-refractivity contribution >= 4 is 11.4 Å². The average Bonchev–Trinajstić information content (AvgIpc) is 3.49. The molecule has 1 aromatic rings. The molecule has 0 amide bonds. The fourth-order valence-corrected chi connectivity index (χ4v) is 4.10. The molecular weight excluding hydrogens is 364 g/mol. The second-order valence-electron chi connectivity index (χ2n) is 8.07. The summed E-state index contributed by atoms with van der Waals surface area (Å²) in [7, 11) is 0. The monoisotopic (exact) mass is 392 g/mol. The van der Waals surface area contributed by atoms with Crippen LogP contribution in [0, 0.1) is 0 Å². The Morgan fingerprint density at radius 2 is 0.679 bits per heavy atom. The molecular formula is C18H28N6O4. The molecule has 12 N–H and O–H groups in total. The minimum absolute atomic E-state index is 0.125. The van der Waals surface area contributed by atoms with Crippen LogP contribution in [0.5, 0.6) is 0 Å². The van der Waals surface area contributed by atoms with Gasteiger partial charge in [0.2, 0.25) is 0 Å². The number of hydrogen-bond acceptors (Lipinski definition) is 10. The molecule has 154 valence electrons. The Morgan fingerprint density at radius 1 is 0.500 bits per heavy atom. The van der Waals surface area contributed by atoms with Crippen molar-refractivity contribution in [1.29, 1.82) is 0 Å². The highest BCUT2D eigenvalue weighted by Gasteiger charge is 2.45. The summed E-state index contributed by atoms with van der Waals surface area (Å²) in [6, 6.07) is -1.85. The first-order chi connectivity index (χ1) is 13.4. The molecule has 8 unspecified atom stereocenters. The van der Waals surface area contributed by atoms with E-state index in [1.807, 2.05) is 0 Å². The second-order valence-corrected chi connectivity index (χ2v) is 8.07. The maximum atomic E-state index is 6.68. The fourth-order valence-electron chi connectivity index (χ4n) is 4.10. The van der Waals surface area contributed by atoms with Gasteiger partial charge in [0.15, 0.2) is 0 Å². The standard InChI is InChI=1S/C18H28N6O4/c19-13(5-1-25-5)9-10(14(20)6-2-26-6)18(24)12(16(22)8-4-28-8)11(17(9)23)15(21)7-3-27-7/h5-8,13-16H,1-4,19-24H2. The molecule has 4 fully saturated rings. The molecule has 8 atom stereocenters. The molecule has 5 rings (SSSR count). The van der Waals surface area contributed by atoms with Crippen molar-refractivity contribution in [2.24, 2.45) is 22.9 Å². The number of ether oxygens (including phenoxy) is 4. The van der Waals surface area contributed by atoms with Crippen molar-refractivity contribution in [1.82, 2.24) is 0 Å². The van der Waals surface area contributed by atoms with E-state index in [2.05, 4.69) is 0 Å². The summed E-state index contributed by atoms with van der Waals surface area (Å²) in [6.45, 7) is 2.28. The van der Waals surface area contributed by atoms with Gasteiger partial charge in [-0.05, 0) is 0 Å². The van der Waals surface area contributed by atoms with Crippen LogP contribution in [0.1, 0.15) is 46.4 Å². The first-order valence-corrected chi connectivity index (χ1v) is 9.63. The van der Waals surface area contributed by atoms with Crippen molar-refractivity contribution < 1.29 is 18.9 Å². The van der Waals surface area contributed by atoms with Gasteiger partial charge in [-0.15, -0.1) is 0 Å². The van der Waals surface area contributed by atoms with Crippen LogP contribution in [0.3, 0.4) is 0 Å². The number of anilines is 2. The van der Waals surface area contributed by atoms with Gasteiger partial charge in [-0.25, -0.2) is 0 Å². The van der Waals surface area contributed by atoms with E-state index < -0.39 is 24.2 Å². The Balaban J connectivity index is 1.72. The van der Waals surface area contributed by atoms with Crippen LogP contribution in [-0.2, 0) is 18.9 Å². The van der Waals surface area contributed by atoms with Gasteiger partial charge < -0.3 is 53.3 Å². The summed E-state index contributed by atoms with van der Waals surface area (Å²) in [5.41, 5.74) is 43.0. The summed E-state index contributed by atoms with van der Waals surface area (Å²) in [5, 5.41) is 0. The summed E-state index contributed by atoms with van der Waals surface area (Å²) >= 11 is 0. The first-order valence-electron chi connectivity index (χ1n) is 9.63. The van der Waals surface area contributed by atoms with Gasteiger partial charge in [0.05, 0.1) is 50.6 Å². The maximum Gasteiger partial charge on any atom is 0.100 e. The van der Waals surface area contributed by atoms with Crippen LogP contribution >= 0.6 is 0 Å². The summed E-state index contributed by atoms with van der Waals surface area (Å²) in [6.07, 6.45) is -0.499. The van der Waals surface area contributed by atoms with E-state index >= 15 is 0 Å². The highest BCUT2D eigenvalue weighted by atomic mass is 16.6. The number of benzene rings is 1. The van der Waals surface area contributed by atoms with Crippen LogP contribution in [0.2, 0.25) is 0 Å². The molecule has 4 aliphatic rings. The Morgan fingerprint density at radius 3 is 0.821 bits per heavy atom.